The van der Waals surface area contributed by atoms with Crippen LogP contribution in [0.4, 0.5) is 17.1 Å². The molecule has 3 rings (SSSR count). The van der Waals surface area contributed by atoms with Crippen molar-refractivity contribution >= 4 is 23.3 Å². The smallest absolute Gasteiger partial charge is 0.203 e. The number of nitrogens with one attached hydrogen (secondary N) is 1. The Hall–Kier alpha value is -3.47. The van der Waals surface area contributed by atoms with Gasteiger partial charge in [0.2, 0.25) is 5.75 Å². The number of nitrogens with zero attached hydrogens (tertiary/aromatic N) is 1. The van der Waals surface area contributed by atoms with E-state index in [2.05, 4.69) is 10.3 Å². The predicted molar refractivity (Wildman–Crippen MR) is 110 cm³/mol. The molecule has 0 spiro atoms. The molecule has 0 bridgehead atoms. The number of hydrogen-bond donors (Lipinski definition) is 1. The third-order valence-corrected chi connectivity index (χ3v) is 4.02. The van der Waals surface area contributed by atoms with Crippen LogP contribution in [0.3, 0.4) is 0 Å². The van der Waals surface area contributed by atoms with E-state index in [-0.39, 0.29) is 0 Å². The van der Waals surface area contributed by atoms with Crippen LogP contribution in [0.15, 0.2) is 71.7 Å². The van der Waals surface area contributed by atoms with Gasteiger partial charge in [-0.1, -0.05) is 18.2 Å². The molecule has 0 aromatic heterocycles. The average Bonchev–Trinajstić information content (AvgIpc) is 2.73. The first kappa shape index (κ1) is 18.3. The zero-order valence-corrected chi connectivity index (χ0v) is 15.6. The summed E-state index contributed by atoms with van der Waals surface area (Å²) in [7, 11) is 4.77. The second-order valence-corrected chi connectivity index (χ2v) is 5.72. The van der Waals surface area contributed by atoms with Gasteiger partial charge in [0.1, 0.15) is 0 Å². The largest absolute Gasteiger partial charge is 0.493 e. The number of hydrogen-bond acceptors (Lipinski definition) is 5. The van der Waals surface area contributed by atoms with Gasteiger partial charge < -0.3 is 19.5 Å². The number of ether oxygens (including phenoxy) is 3. The second kappa shape index (κ2) is 8.76. The van der Waals surface area contributed by atoms with Gasteiger partial charge in [-0.2, -0.15) is 0 Å². The molecule has 0 saturated carbocycles. The van der Waals surface area contributed by atoms with Crippen LogP contribution >= 0.6 is 0 Å². The monoisotopic (exact) mass is 362 g/mol. The normalized spacial score (nSPS) is 10.6. The fourth-order valence-corrected chi connectivity index (χ4v) is 2.69. The van der Waals surface area contributed by atoms with E-state index >= 15 is 0 Å². The maximum Gasteiger partial charge on any atom is 0.203 e. The maximum absolute atomic E-state index is 5.48. The molecule has 0 aliphatic carbocycles. The zero-order valence-electron chi connectivity index (χ0n) is 15.6. The van der Waals surface area contributed by atoms with Crippen LogP contribution in [0.5, 0.6) is 17.2 Å². The highest BCUT2D eigenvalue weighted by atomic mass is 16.5. The summed E-state index contributed by atoms with van der Waals surface area (Å²) in [5.41, 5.74) is 3.69. The number of aliphatic imine (C=N–C) groups is 1. The topological polar surface area (TPSA) is 52.1 Å². The molecule has 138 valence electrons. The van der Waals surface area contributed by atoms with E-state index in [1.807, 2.05) is 66.7 Å². The molecule has 5 nitrogen and oxygen atoms in total. The van der Waals surface area contributed by atoms with Crippen LogP contribution in [0.25, 0.3) is 0 Å². The van der Waals surface area contributed by atoms with Crippen molar-refractivity contribution < 1.29 is 14.2 Å². The van der Waals surface area contributed by atoms with Gasteiger partial charge in [-0.15, -0.1) is 0 Å². The van der Waals surface area contributed by atoms with Crippen LogP contribution in [0, 0.1) is 0 Å². The Morgan fingerprint density at radius 3 is 2.00 bits per heavy atom. The van der Waals surface area contributed by atoms with Crippen molar-refractivity contribution in [2.45, 2.75) is 0 Å². The van der Waals surface area contributed by atoms with Gasteiger partial charge in [0.15, 0.2) is 11.5 Å². The Kier molecular flexibility index (Phi) is 5.94. The van der Waals surface area contributed by atoms with Gasteiger partial charge in [-0.3, -0.25) is 4.99 Å². The fourth-order valence-electron chi connectivity index (χ4n) is 2.69. The van der Waals surface area contributed by atoms with Crippen molar-refractivity contribution in [2.24, 2.45) is 4.99 Å². The average molecular weight is 362 g/mol. The molecular weight excluding hydrogens is 340 g/mol. The van der Waals surface area contributed by atoms with Crippen LogP contribution in [-0.2, 0) is 0 Å². The summed E-state index contributed by atoms with van der Waals surface area (Å²) in [6.07, 6.45) is 1.75. The molecule has 0 aliphatic rings. The number of anilines is 2. The van der Waals surface area contributed by atoms with E-state index in [9.17, 15) is 0 Å². The number of para-hydroxylation sites is 1. The lowest BCUT2D eigenvalue weighted by atomic mass is 10.2. The van der Waals surface area contributed by atoms with Gasteiger partial charge in [-0.25, -0.2) is 0 Å². The summed E-state index contributed by atoms with van der Waals surface area (Å²) < 4.78 is 16.2. The molecule has 0 aliphatic heterocycles. The highest BCUT2D eigenvalue weighted by molar-refractivity contribution is 5.88. The van der Waals surface area contributed by atoms with Gasteiger partial charge in [0.25, 0.3) is 0 Å². The Morgan fingerprint density at radius 1 is 0.704 bits per heavy atom. The highest BCUT2D eigenvalue weighted by Crippen LogP contribution is 2.39. The Balaban J connectivity index is 1.78. The molecule has 3 aromatic carbocycles. The number of methoxy groups -OCH3 is 3. The van der Waals surface area contributed by atoms with Crippen LogP contribution in [0.1, 0.15) is 5.56 Å². The van der Waals surface area contributed by atoms with Crippen LogP contribution in [0.2, 0.25) is 0 Å². The molecular formula is C22H22N2O3. The van der Waals surface area contributed by atoms with Gasteiger partial charge >= 0.3 is 0 Å². The quantitative estimate of drug-likeness (QED) is 0.587. The molecule has 0 radical (unpaired) electrons. The molecule has 0 fully saturated rings. The Morgan fingerprint density at radius 2 is 1.37 bits per heavy atom. The minimum absolute atomic E-state index is 0.548. The maximum atomic E-state index is 5.48. The van der Waals surface area contributed by atoms with E-state index in [1.54, 1.807) is 27.5 Å². The Labute approximate surface area is 159 Å². The second-order valence-electron chi connectivity index (χ2n) is 5.72. The summed E-state index contributed by atoms with van der Waals surface area (Å²) in [5.74, 6) is 1.75. The number of benzene rings is 3. The fraction of sp³-hybridized carbons (Fsp3) is 0.136. The molecule has 0 saturated heterocycles. The van der Waals surface area contributed by atoms with E-state index in [4.69, 9.17) is 14.2 Å². The molecule has 1 N–H and O–H groups in total. The van der Waals surface area contributed by atoms with E-state index < -0.39 is 0 Å². The first-order valence-electron chi connectivity index (χ1n) is 8.50. The minimum Gasteiger partial charge on any atom is -0.493 e. The van der Waals surface area contributed by atoms with Crippen molar-refractivity contribution in [3.63, 3.8) is 0 Å². The summed E-state index contributed by atoms with van der Waals surface area (Å²) >= 11 is 0. The summed E-state index contributed by atoms with van der Waals surface area (Å²) in [6, 6.07) is 21.6. The standard InChI is InChI=1S/C22H22N2O3/c1-25-20-14-9-16(21(26-2)22(20)27-3)15-23-17-10-12-19(13-11-17)24-18-7-5-4-6-8-18/h4-15,24H,1-3H3. The molecule has 0 unspecified atom stereocenters. The first-order valence-corrected chi connectivity index (χ1v) is 8.50. The lowest BCUT2D eigenvalue weighted by molar-refractivity contribution is 0.324. The lowest BCUT2D eigenvalue weighted by Crippen LogP contribution is -1.98. The molecule has 0 atom stereocenters. The van der Waals surface area contributed by atoms with E-state index in [1.165, 1.54) is 0 Å². The summed E-state index contributed by atoms with van der Waals surface area (Å²) in [4.78, 5) is 4.53. The molecule has 0 amide bonds. The van der Waals surface area contributed by atoms with Crippen LogP contribution in [-0.4, -0.2) is 27.5 Å². The van der Waals surface area contributed by atoms with Crippen LogP contribution < -0.4 is 19.5 Å². The van der Waals surface area contributed by atoms with Crippen molar-refractivity contribution in [2.75, 3.05) is 26.6 Å². The van der Waals surface area contributed by atoms with Gasteiger partial charge in [-0.05, 0) is 48.5 Å². The zero-order chi connectivity index (χ0) is 19.1. The lowest BCUT2D eigenvalue weighted by Gasteiger charge is -2.13. The minimum atomic E-state index is 0.548. The Bertz CT molecular complexity index is 907. The van der Waals surface area contributed by atoms with Crippen molar-refractivity contribution in [3.8, 4) is 17.2 Å². The highest BCUT2D eigenvalue weighted by Gasteiger charge is 2.14. The van der Waals surface area contributed by atoms with Crippen molar-refractivity contribution in [3.05, 3.63) is 72.3 Å². The SMILES string of the molecule is COc1ccc(C=Nc2ccc(Nc3ccccc3)cc2)c(OC)c1OC. The molecule has 0 heterocycles. The van der Waals surface area contributed by atoms with Crippen molar-refractivity contribution in [1.82, 2.24) is 0 Å². The van der Waals surface area contributed by atoms with E-state index in [0.29, 0.717) is 17.2 Å². The third-order valence-electron chi connectivity index (χ3n) is 4.02. The third kappa shape index (κ3) is 4.39. The molecule has 5 heteroatoms. The van der Waals surface area contributed by atoms with Crippen molar-refractivity contribution in [1.29, 1.82) is 0 Å². The molecule has 27 heavy (non-hydrogen) atoms. The number of rotatable bonds is 7. The van der Waals surface area contributed by atoms with E-state index in [0.717, 1.165) is 22.6 Å². The molecule has 3 aromatic rings. The summed E-state index contributed by atoms with van der Waals surface area (Å²) in [5, 5.41) is 3.35. The predicted octanol–water partition coefficient (Wildman–Crippen LogP) is 5.21. The van der Waals surface area contributed by atoms with Gasteiger partial charge in [0, 0.05) is 23.2 Å². The summed E-state index contributed by atoms with van der Waals surface area (Å²) in [6.45, 7) is 0. The first-order chi connectivity index (χ1) is 13.2. The van der Waals surface area contributed by atoms with Gasteiger partial charge in [0.05, 0.1) is 27.0 Å².